The molecule has 0 aliphatic carbocycles. The van der Waals surface area contributed by atoms with E-state index in [9.17, 15) is 9.59 Å². The third-order valence-corrected chi connectivity index (χ3v) is 6.11. The van der Waals surface area contributed by atoms with Crippen LogP contribution in [0.15, 0.2) is 44.7 Å². The fraction of sp³-hybridized carbons (Fsp3) is 0.304. The van der Waals surface area contributed by atoms with Gasteiger partial charge in [-0.2, -0.15) is 9.78 Å². The maximum atomic E-state index is 13.2. The molecule has 3 aromatic rings. The van der Waals surface area contributed by atoms with Crippen molar-refractivity contribution >= 4 is 62.2 Å². The summed E-state index contributed by atoms with van der Waals surface area (Å²) in [6.07, 6.45) is 1.38. The first-order valence-corrected chi connectivity index (χ1v) is 11.7. The Morgan fingerprint density at radius 1 is 1.24 bits per heavy atom. The fourth-order valence-corrected chi connectivity index (χ4v) is 4.02. The van der Waals surface area contributed by atoms with Crippen LogP contribution in [0.5, 0.6) is 5.75 Å². The van der Waals surface area contributed by atoms with Crippen LogP contribution in [0.1, 0.15) is 44.5 Å². The Morgan fingerprint density at radius 3 is 2.52 bits per heavy atom. The number of ether oxygens (including phenoxy) is 2. The van der Waals surface area contributed by atoms with E-state index < -0.39 is 12.1 Å². The van der Waals surface area contributed by atoms with Crippen molar-refractivity contribution in [3.63, 3.8) is 0 Å². The Hall–Kier alpha value is -2.42. The molecule has 0 N–H and O–H groups in total. The van der Waals surface area contributed by atoms with Gasteiger partial charge in [-0.1, -0.05) is 53.0 Å². The maximum Gasteiger partial charge on any atom is 0.346 e. The molecule has 0 radical (unpaired) electrons. The number of hydrogen-bond donors (Lipinski definition) is 0. The zero-order chi connectivity index (χ0) is 24.3. The third-order valence-electron chi connectivity index (χ3n) is 5.06. The molecule has 174 valence electrons. The van der Waals surface area contributed by atoms with E-state index in [1.807, 2.05) is 19.9 Å². The molecule has 3 rings (SSSR count). The van der Waals surface area contributed by atoms with E-state index in [1.165, 1.54) is 24.9 Å². The van der Waals surface area contributed by atoms with Crippen LogP contribution in [0.25, 0.3) is 10.9 Å². The van der Waals surface area contributed by atoms with Gasteiger partial charge in [-0.25, -0.2) is 9.78 Å². The summed E-state index contributed by atoms with van der Waals surface area (Å²) in [5.74, 6) is 0.159. The Morgan fingerprint density at radius 2 is 1.91 bits per heavy atom. The van der Waals surface area contributed by atoms with Crippen LogP contribution in [0, 0.1) is 0 Å². The van der Waals surface area contributed by atoms with E-state index in [1.54, 1.807) is 24.3 Å². The summed E-state index contributed by atoms with van der Waals surface area (Å²) >= 11 is 16.1. The molecule has 2 aromatic carbocycles. The van der Waals surface area contributed by atoms with Gasteiger partial charge in [-0.3, -0.25) is 4.79 Å². The lowest BCUT2D eigenvalue weighted by Gasteiger charge is -2.15. The van der Waals surface area contributed by atoms with Crippen LogP contribution in [0.3, 0.4) is 0 Å². The van der Waals surface area contributed by atoms with Crippen LogP contribution < -0.4 is 10.3 Å². The van der Waals surface area contributed by atoms with Gasteiger partial charge >= 0.3 is 5.97 Å². The highest BCUT2D eigenvalue weighted by Gasteiger charge is 2.19. The third kappa shape index (κ3) is 5.57. The fourth-order valence-electron chi connectivity index (χ4n) is 3.06. The number of hydrogen-bond acceptors (Lipinski definition) is 6. The van der Waals surface area contributed by atoms with Crippen molar-refractivity contribution in [1.29, 1.82) is 0 Å². The van der Waals surface area contributed by atoms with Gasteiger partial charge < -0.3 is 9.47 Å². The second-order valence-electron chi connectivity index (χ2n) is 7.40. The quantitative estimate of drug-likeness (QED) is 0.272. The summed E-state index contributed by atoms with van der Waals surface area (Å²) < 4.78 is 12.3. The van der Waals surface area contributed by atoms with Crippen LogP contribution in [-0.4, -0.2) is 35.1 Å². The Kier molecular flexibility index (Phi) is 8.15. The van der Waals surface area contributed by atoms with Crippen molar-refractivity contribution in [3.8, 4) is 5.75 Å². The van der Waals surface area contributed by atoms with E-state index in [0.29, 0.717) is 22.3 Å². The molecule has 1 aromatic heterocycles. The van der Waals surface area contributed by atoms with Gasteiger partial charge in [-0.05, 0) is 49.2 Å². The second kappa shape index (κ2) is 10.7. The predicted molar refractivity (Wildman–Crippen MR) is 134 cm³/mol. The SMILES string of the molecule is CC[C@H](C)c1nc2ccc(Br)cc2c(=O)n1N=Cc1cc(Cl)c(O[C@@H](C)C(=O)OC)c(Cl)c1. The molecule has 0 spiro atoms. The van der Waals surface area contributed by atoms with Crippen molar-refractivity contribution in [1.82, 2.24) is 9.66 Å². The highest BCUT2D eigenvalue weighted by molar-refractivity contribution is 9.10. The minimum absolute atomic E-state index is 0.00524. The molecule has 10 heteroatoms. The number of rotatable bonds is 7. The van der Waals surface area contributed by atoms with E-state index in [-0.39, 0.29) is 27.3 Å². The Balaban J connectivity index is 2.04. The highest BCUT2D eigenvalue weighted by atomic mass is 79.9. The number of carbonyl (C=O) groups excluding carboxylic acids is 1. The number of nitrogens with zero attached hydrogens (tertiary/aromatic N) is 3. The highest BCUT2D eigenvalue weighted by Crippen LogP contribution is 2.34. The molecular formula is C23H22BrCl2N3O4. The number of aromatic nitrogens is 2. The number of esters is 1. The zero-order valence-electron chi connectivity index (χ0n) is 18.4. The van der Waals surface area contributed by atoms with Crippen LogP contribution in [-0.2, 0) is 9.53 Å². The van der Waals surface area contributed by atoms with E-state index >= 15 is 0 Å². The number of benzene rings is 2. The summed E-state index contributed by atoms with van der Waals surface area (Å²) in [4.78, 5) is 29.5. The summed E-state index contributed by atoms with van der Waals surface area (Å²) in [6.45, 7) is 5.53. The lowest BCUT2D eigenvalue weighted by atomic mass is 10.1. The monoisotopic (exact) mass is 553 g/mol. The first-order valence-electron chi connectivity index (χ1n) is 10.2. The van der Waals surface area contributed by atoms with E-state index in [0.717, 1.165) is 10.9 Å². The first-order chi connectivity index (χ1) is 15.7. The van der Waals surface area contributed by atoms with Crippen molar-refractivity contribution in [3.05, 3.63) is 66.6 Å². The summed E-state index contributed by atoms with van der Waals surface area (Å²) in [6, 6.07) is 8.52. The predicted octanol–water partition coefficient (Wildman–Crippen LogP) is 5.80. The standard InChI is InChI=1S/C23H22BrCl2N3O4/c1-5-12(2)21-28-19-7-6-15(24)10-16(19)22(30)29(21)27-11-14-8-17(25)20(18(26)9-14)33-13(3)23(31)32-4/h6-13H,5H2,1-4H3/t12-,13-/m0/s1. The number of halogens is 3. The van der Waals surface area contributed by atoms with Crippen molar-refractivity contribution in [2.45, 2.75) is 39.2 Å². The summed E-state index contributed by atoms with van der Waals surface area (Å²) in [5, 5.41) is 5.24. The van der Waals surface area contributed by atoms with Crippen LogP contribution in [0.2, 0.25) is 10.0 Å². The van der Waals surface area contributed by atoms with Crippen LogP contribution >= 0.6 is 39.1 Å². The minimum Gasteiger partial charge on any atom is -0.476 e. The number of carbonyl (C=O) groups is 1. The lowest BCUT2D eigenvalue weighted by molar-refractivity contribution is -0.147. The van der Waals surface area contributed by atoms with Gasteiger partial charge in [0.25, 0.3) is 5.56 Å². The smallest absolute Gasteiger partial charge is 0.346 e. The molecule has 33 heavy (non-hydrogen) atoms. The van der Waals surface area contributed by atoms with Crippen LogP contribution in [0.4, 0.5) is 0 Å². The van der Waals surface area contributed by atoms with Gasteiger partial charge in [0, 0.05) is 10.4 Å². The maximum absolute atomic E-state index is 13.2. The van der Waals surface area contributed by atoms with Gasteiger partial charge in [-0.15, -0.1) is 0 Å². The van der Waals surface area contributed by atoms with Gasteiger partial charge in [0.2, 0.25) is 0 Å². The van der Waals surface area contributed by atoms with E-state index in [2.05, 4.69) is 30.8 Å². The first kappa shape index (κ1) is 25.2. The molecule has 2 atom stereocenters. The molecule has 0 bridgehead atoms. The number of fused-ring (bicyclic) bond motifs is 1. The minimum atomic E-state index is -0.885. The summed E-state index contributed by atoms with van der Waals surface area (Å²) in [7, 11) is 1.26. The average molecular weight is 555 g/mol. The van der Waals surface area contributed by atoms with Crippen molar-refractivity contribution < 1.29 is 14.3 Å². The van der Waals surface area contributed by atoms with Gasteiger partial charge in [0.15, 0.2) is 11.9 Å². The molecule has 7 nitrogen and oxygen atoms in total. The topological polar surface area (TPSA) is 82.8 Å². The molecule has 0 aliphatic heterocycles. The summed E-state index contributed by atoms with van der Waals surface area (Å²) in [5.41, 5.74) is 0.869. The average Bonchev–Trinajstić information content (AvgIpc) is 2.79. The van der Waals surface area contributed by atoms with E-state index in [4.69, 9.17) is 27.9 Å². The van der Waals surface area contributed by atoms with Crippen molar-refractivity contribution in [2.24, 2.45) is 5.10 Å². The molecule has 0 amide bonds. The Bertz CT molecular complexity index is 1270. The molecule has 0 aliphatic rings. The lowest BCUT2D eigenvalue weighted by Crippen LogP contribution is -2.25. The molecule has 0 saturated heterocycles. The van der Waals surface area contributed by atoms with Gasteiger partial charge in [0.05, 0.1) is 34.3 Å². The second-order valence-corrected chi connectivity index (χ2v) is 9.13. The largest absolute Gasteiger partial charge is 0.476 e. The van der Waals surface area contributed by atoms with Crippen molar-refractivity contribution in [2.75, 3.05) is 7.11 Å². The molecule has 1 heterocycles. The molecule has 0 fully saturated rings. The zero-order valence-corrected chi connectivity index (χ0v) is 21.5. The van der Waals surface area contributed by atoms with Gasteiger partial charge in [0.1, 0.15) is 5.82 Å². The Labute approximate surface area is 209 Å². The molecule has 0 unspecified atom stereocenters. The normalized spacial score (nSPS) is 13.3. The number of methoxy groups -OCH3 is 1. The molecule has 0 saturated carbocycles. The molecular weight excluding hydrogens is 533 g/mol.